The molecule has 0 saturated heterocycles. The zero-order valence-electron chi connectivity index (χ0n) is 14.2. The highest BCUT2D eigenvalue weighted by molar-refractivity contribution is 5.92. The summed E-state index contributed by atoms with van der Waals surface area (Å²) in [5.41, 5.74) is 4.06. The molecule has 0 spiro atoms. The van der Waals surface area contributed by atoms with Gasteiger partial charge in [0.1, 0.15) is 11.3 Å². The highest BCUT2D eigenvalue weighted by atomic mass is 16.5. The van der Waals surface area contributed by atoms with Gasteiger partial charge in [-0.3, -0.25) is 0 Å². The predicted molar refractivity (Wildman–Crippen MR) is 93.6 cm³/mol. The van der Waals surface area contributed by atoms with Crippen LogP contribution in [0.15, 0.2) is 42.5 Å². The average Bonchev–Trinajstić information content (AvgIpc) is 2.64. The van der Waals surface area contributed by atoms with Gasteiger partial charge in [0.25, 0.3) is 0 Å². The first-order valence-corrected chi connectivity index (χ1v) is 8.12. The van der Waals surface area contributed by atoms with Crippen LogP contribution in [0.4, 0.5) is 0 Å². The molecular weight excluding hydrogens is 304 g/mol. The van der Waals surface area contributed by atoms with Crippen LogP contribution in [0.2, 0.25) is 0 Å². The summed E-state index contributed by atoms with van der Waals surface area (Å²) in [4.78, 5) is 11.9. The van der Waals surface area contributed by atoms with Gasteiger partial charge in [0, 0.05) is 6.61 Å². The van der Waals surface area contributed by atoms with E-state index in [1.807, 2.05) is 24.3 Å². The molecule has 4 nitrogen and oxygen atoms in total. The van der Waals surface area contributed by atoms with Crippen LogP contribution in [0.5, 0.6) is 5.75 Å². The molecule has 0 radical (unpaired) electrons. The molecule has 0 heterocycles. The lowest BCUT2D eigenvalue weighted by Crippen LogP contribution is -2.05. The van der Waals surface area contributed by atoms with Crippen molar-refractivity contribution in [3.63, 3.8) is 0 Å². The number of carbonyl (C=O) groups excluding carboxylic acids is 1. The molecule has 4 heteroatoms. The number of benzene rings is 2. The van der Waals surface area contributed by atoms with Crippen LogP contribution >= 0.6 is 0 Å². The molecule has 2 aromatic carbocycles. The van der Waals surface area contributed by atoms with Crippen LogP contribution in [0.1, 0.15) is 33.5 Å². The minimum Gasteiger partial charge on any atom is -0.496 e. The number of ether oxygens (including phenoxy) is 2. The second-order valence-electron chi connectivity index (χ2n) is 5.62. The van der Waals surface area contributed by atoms with Gasteiger partial charge in [-0.1, -0.05) is 30.3 Å². The zero-order valence-corrected chi connectivity index (χ0v) is 14.2. The van der Waals surface area contributed by atoms with Crippen molar-refractivity contribution in [2.24, 2.45) is 0 Å². The summed E-state index contributed by atoms with van der Waals surface area (Å²) in [6, 6.07) is 13.9. The predicted octanol–water partition coefficient (Wildman–Crippen LogP) is 3.19. The van der Waals surface area contributed by atoms with E-state index in [1.54, 1.807) is 13.2 Å². The molecule has 0 fully saturated rings. The number of rotatable bonds is 8. The third-order valence-corrected chi connectivity index (χ3v) is 4.07. The van der Waals surface area contributed by atoms with Crippen LogP contribution in [-0.4, -0.2) is 31.9 Å². The Morgan fingerprint density at radius 3 is 2.33 bits per heavy atom. The molecule has 1 N–H and O–H groups in total. The number of aliphatic hydroxyl groups is 1. The number of esters is 1. The second-order valence-corrected chi connectivity index (χ2v) is 5.62. The Balaban J connectivity index is 2.14. The number of hydrogen-bond acceptors (Lipinski definition) is 4. The molecule has 0 aromatic heterocycles. The average molecular weight is 328 g/mol. The molecular formula is C20H24O4. The SMILES string of the molecule is COC(=O)c1cc(CCc2ccccc2CCCO)ccc1OC. The molecule has 0 aliphatic carbocycles. The molecule has 0 aliphatic heterocycles. The number of hydrogen-bond donors (Lipinski definition) is 1. The van der Waals surface area contributed by atoms with E-state index in [2.05, 4.69) is 12.1 Å². The third kappa shape index (κ3) is 4.59. The van der Waals surface area contributed by atoms with Crippen molar-refractivity contribution in [1.29, 1.82) is 0 Å². The first kappa shape index (κ1) is 18.0. The smallest absolute Gasteiger partial charge is 0.341 e. The molecule has 0 unspecified atom stereocenters. The third-order valence-electron chi connectivity index (χ3n) is 4.07. The summed E-state index contributed by atoms with van der Waals surface area (Å²) >= 11 is 0. The van der Waals surface area contributed by atoms with Gasteiger partial charge < -0.3 is 14.6 Å². The molecule has 0 aliphatic rings. The van der Waals surface area contributed by atoms with Gasteiger partial charge in [-0.2, -0.15) is 0 Å². The highest BCUT2D eigenvalue weighted by Crippen LogP contribution is 2.22. The van der Waals surface area contributed by atoms with Crippen LogP contribution < -0.4 is 4.74 Å². The van der Waals surface area contributed by atoms with Crippen LogP contribution in [0, 0.1) is 0 Å². The van der Waals surface area contributed by atoms with E-state index < -0.39 is 5.97 Å². The summed E-state index contributed by atoms with van der Waals surface area (Å²) in [6.07, 6.45) is 3.35. The molecule has 24 heavy (non-hydrogen) atoms. The topological polar surface area (TPSA) is 55.8 Å². The van der Waals surface area contributed by atoms with Crippen molar-refractivity contribution >= 4 is 5.97 Å². The largest absolute Gasteiger partial charge is 0.496 e. The summed E-state index contributed by atoms with van der Waals surface area (Å²) in [6.45, 7) is 0.204. The Kier molecular flexibility index (Phi) is 6.82. The molecule has 0 atom stereocenters. The number of aliphatic hydroxyl groups excluding tert-OH is 1. The van der Waals surface area contributed by atoms with Crippen molar-refractivity contribution in [2.75, 3.05) is 20.8 Å². The van der Waals surface area contributed by atoms with Gasteiger partial charge in [0.2, 0.25) is 0 Å². The van der Waals surface area contributed by atoms with Crippen LogP contribution in [0.25, 0.3) is 0 Å². The van der Waals surface area contributed by atoms with E-state index in [0.717, 1.165) is 31.2 Å². The van der Waals surface area contributed by atoms with Crippen molar-refractivity contribution in [2.45, 2.75) is 25.7 Å². The van der Waals surface area contributed by atoms with E-state index in [9.17, 15) is 4.79 Å². The molecule has 2 rings (SSSR count). The van der Waals surface area contributed by atoms with Crippen molar-refractivity contribution in [3.8, 4) is 5.75 Å². The van der Waals surface area contributed by atoms with E-state index in [0.29, 0.717) is 11.3 Å². The Morgan fingerprint density at radius 2 is 1.71 bits per heavy atom. The van der Waals surface area contributed by atoms with E-state index in [-0.39, 0.29) is 6.61 Å². The number of carbonyl (C=O) groups is 1. The molecule has 0 bridgehead atoms. The zero-order chi connectivity index (χ0) is 17.4. The van der Waals surface area contributed by atoms with E-state index in [4.69, 9.17) is 14.6 Å². The Hall–Kier alpha value is -2.33. The van der Waals surface area contributed by atoms with Crippen molar-refractivity contribution in [3.05, 3.63) is 64.7 Å². The van der Waals surface area contributed by atoms with E-state index in [1.165, 1.54) is 18.2 Å². The lowest BCUT2D eigenvalue weighted by atomic mass is 9.96. The normalized spacial score (nSPS) is 10.5. The van der Waals surface area contributed by atoms with Crippen molar-refractivity contribution < 1.29 is 19.4 Å². The van der Waals surface area contributed by atoms with Gasteiger partial charge in [0.15, 0.2) is 0 Å². The first-order chi connectivity index (χ1) is 11.7. The monoisotopic (exact) mass is 328 g/mol. The fourth-order valence-electron chi connectivity index (χ4n) is 2.77. The minimum atomic E-state index is -0.392. The Labute approximate surface area is 143 Å². The molecule has 0 amide bonds. The van der Waals surface area contributed by atoms with E-state index >= 15 is 0 Å². The summed E-state index contributed by atoms with van der Waals surface area (Å²) < 4.78 is 10.0. The lowest BCUT2D eigenvalue weighted by Gasteiger charge is -2.11. The molecule has 0 saturated carbocycles. The maximum Gasteiger partial charge on any atom is 0.341 e. The number of aryl methyl sites for hydroxylation is 3. The Bertz CT molecular complexity index is 679. The van der Waals surface area contributed by atoms with Crippen LogP contribution in [0.3, 0.4) is 0 Å². The quantitative estimate of drug-likeness (QED) is 0.756. The fraction of sp³-hybridized carbons (Fsp3) is 0.350. The van der Waals surface area contributed by atoms with Crippen molar-refractivity contribution in [1.82, 2.24) is 0 Å². The fourth-order valence-corrected chi connectivity index (χ4v) is 2.77. The maximum absolute atomic E-state index is 11.9. The highest BCUT2D eigenvalue weighted by Gasteiger charge is 2.13. The summed E-state index contributed by atoms with van der Waals surface area (Å²) in [5, 5.41) is 9.03. The van der Waals surface area contributed by atoms with Gasteiger partial charge in [0.05, 0.1) is 14.2 Å². The molecule has 2 aromatic rings. The maximum atomic E-state index is 11.9. The summed E-state index contributed by atoms with van der Waals surface area (Å²) in [7, 11) is 2.91. The summed E-state index contributed by atoms with van der Waals surface area (Å²) in [5.74, 6) is 0.131. The van der Waals surface area contributed by atoms with Crippen LogP contribution in [-0.2, 0) is 24.0 Å². The minimum absolute atomic E-state index is 0.204. The van der Waals surface area contributed by atoms with Gasteiger partial charge in [-0.05, 0) is 54.5 Å². The van der Waals surface area contributed by atoms with Gasteiger partial charge >= 0.3 is 5.97 Å². The number of methoxy groups -OCH3 is 2. The molecule has 128 valence electrons. The Morgan fingerprint density at radius 1 is 1.00 bits per heavy atom. The second kappa shape index (κ2) is 9.08. The lowest BCUT2D eigenvalue weighted by molar-refractivity contribution is 0.0597. The first-order valence-electron chi connectivity index (χ1n) is 8.12. The van der Waals surface area contributed by atoms with Gasteiger partial charge in [-0.15, -0.1) is 0 Å². The van der Waals surface area contributed by atoms with Gasteiger partial charge in [-0.25, -0.2) is 4.79 Å². The standard InChI is InChI=1S/C20H24O4/c1-23-19-12-10-15(14-18(19)20(22)24-2)9-11-17-7-4-3-6-16(17)8-5-13-21/h3-4,6-7,10,12,14,21H,5,8-9,11,13H2,1-2H3.